The molecule has 1 aliphatic heterocycles. The molecule has 24 heavy (non-hydrogen) atoms. The Bertz CT molecular complexity index is 757. The van der Waals surface area contributed by atoms with Crippen LogP contribution in [0, 0.1) is 0 Å². The van der Waals surface area contributed by atoms with Crippen LogP contribution in [-0.4, -0.2) is 42.7 Å². The standard InChI is InChI=1S/C16H21BrN3O3P/c1-24(2,3)16-20-19-15(23-16)14(21)18-12-5-4-8-22-13-9-10(17)6-7-11(12)13/h6-7,9,12,24H,4-5,8H2,1-3H3,(H,18,21). The summed E-state index contributed by atoms with van der Waals surface area (Å²) in [5.74, 6) is 0.476. The molecule has 3 rings (SSSR count). The molecule has 1 aliphatic rings. The van der Waals surface area contributed by atoms with Gasteiger partial charge in [-0.3, -0.25) is 0 Å². The summed E-state index contributed by atoms with van der Waals surface area (Å²) in [4.78, 5) is 12.5. The van der Waals surface area contributed by atoms with Gasteiger partial charge in [-0.05, 0) is 0 Å². The van der Waals surface area contributed by atoms with Crippen molar-refractivity contribution >= 4 is 34.7 Å². The summed E-state index contributed by atoms with van der Waals surface area (Å²) in [6.07, 6.45) is 1.66. The second-order valence-corrected chi connectivity index (χ2v) is 12.7. The molecule has 0 saturated heterocycles. The van der Waals surface area contributed by atoms with Crippen molar-refractivity contribution in [2.75, 3.05) is 26.6 Å². The normalized spacial score (nSPS) is 18.2. The van der Waals surface area contributed by atoms with Gasteiger partial charge in [-0.2, -0.15) is 0 Å². The predicted molar refractivity (Wildman–Crippen MR) is 99.1 cm³/mol. The summed E-state index contributed by atoms with van der Waals surface area (Å²) in [7, 11) is -1.73. The quantitative estimate of drug-likeness (QED) is 0.782. The summed E-state index contributed by atoms with van der Waals surface area (Å²) in [5, 5.41) is 10.9. The van der Waals surface area contributed by atoms with E-state index in [1.54, 1.807) is 0 Å². The van der Waals surface area contributed by atoms with Crippen molar-refractivity contribution < 1.29 is 13.9 Å². The van der Waals surface area contributed by atoms with Crippen LogP contribution < -0.4 is 15.7 Å². The molecular formula is C16H21BrN3O3P. The van der Waals surface area contributed by atoms with Gasteiger partial charge in [0.2, 0.25) is 0 Å². The van der Waals surface area contributed by atoms with Crippen molar-refractivity contribution in [1.29, 1.82) is 0 Å². The van der Waals surface area contributed by atoms with E-state index in [2.05, 4.69) is 51.4 Å². The van der Waals surface area contributed by atoms with E-state index in [-0.39, 0.29) is 17.8 Å². The molecule has 0 radical (unpaired) electrons. The Morgan fingerprint density at radius 1 is 1.33 bits per heavy atom. The van der Waals surface area contributed by atoms with Gasteiger partial charge < -0.3 is 0 Å². The van der Waals surface area contributed by atoms with Gasteiger partial charge in [-0.25, -0.2) is 0 Å². The van der Waals surface area contributed by atoms with Crippen molar-refractivity contribution in [2.45, 2.75) is 18.9 Å². The fourth-order valence-corrected chi connectivity index (χ4v) is 3.63. The zero-order valence-electron chi connectivity index (χ0n) is 13.9. The van der Waals surface area contributed by atoms with E-state index >= 15 is 0 Å². The summed E-state index contributed by atoms with van der Waals surface area (Å²) >= 11 is 3.45. The molecule has 0 saturated carbocycles. The summed E-state index contributed by atoms with van der Waals surface area (Å²) in [5.41, 5.74) is 1.55. The van der Waals surface area contributed by atoms with Crippen LogP contribution >= 0.6 is 23.2 Å². The van der Waals surface area contributed by atoms with Gasteiger partial charge in [0.25, 0.3) is 0 Å². The van der Waals surface area contributed by atoms with Crippen molar-refractivity contribution in [3.8, 4) is 5.75 Å². The molecule has 0 fully saturated rings. The van der Waals surface area contributed by atoms with Crippen molar-refractivity contribution in [3.63, 3.8) is 0 Å². The maximum atomic E-state index is 12.5. The van der Waals surface area contributed by atoms with Crippen LogP contribution in [0.1, 0.15) is 35.1 Å². The molecule has 1 N–H and O–H groups in total. The average Bonchev–Trinajstić information content (AvgIpc) is 2.93. The van der Waals surface area contributed by atoms with Gasteiger partial charge in [-0.15, -0.1) is 0 Å². The van der Waals surface area contributed by atoms with Gasteiger partial charge >= 0.3 is 150 Å². The number of rotatable bonds is 3. The van der Waals surface area contributed by atoms with Gasteiger partial charge in [0.05, 0.1) is 0 Å². The molecule has 1 amide bonds. The molecule has 2 aromatic rings. The molecule has 1 aromatic carbocycles. The number of aromatic nitrogens is 2. The fraction of sp³-hybridized carbons (Fsp3) is 0.438. The second-order valence-electron chi connectivity index (χ2n) is 6.86. The molecule has 1 unspecified atom stereocenters. The van der Waals surface area contributed by atoms with Crippen LogP contribution in [0.5, 0.6) is 5.75 Å². The summed E-state index contributed by atoms with van der Waals surface area (Å²) in [6, 6.07) is 5.71. The van der Waals surface area contributed by atoms with Crippen molar-refractivity contribution in [2.24, 2.45) is 0 Å². The second kappa shape index (κ2) is 6.81. The van der Waals surface area contributed by atoms with E-state index in [9.17, 15) is 4.79 Å². The number of carbonyl (C=O) groups is 1. The number of hydrogen-bond donors (Lipinski definition) is 1. The minimum absolute atomic E-state index is 0.0243. The van der Waals surface area contributed by atoms with Gasteiger partial charge in [-0.1, -0.05) is 0 Å². The molecule has 2 heterocycles. The van der Waals surface area contributed by atoms with Crippen LogP contribution in [0.15, 0.2) is 27.1 Å². The van der Waals surface area contributed by atoms with Crippen LogP contribution in [-0.2, 0) is 0 Å². The number of nitrogens with one attached hydrogen (secondary N) is 1. The number of ether oxygens (including phenoxy) is 1. The van der Waals surface area contributed by atoms with Crippen LogP contribution in [0.4, 0.5) is 0 Å². The number of hydrogen-bond acceptors (Lipinski definition) is 5. The SMILES string of the molecule is C[PH](C)(C)c1nnc(C(=O)NC2CCCOc3cc(Br)ccc32)o1. The number of halogens is 1. The predicted octanol–water partition coefficient (Wildman–Crippen LogP) is 2.74. The molecule has 6 nitrogen and oxygen atoms in total. The third kappa shape index (κ3) is 3.78. The number of carbonyl (C=O) groups excluding carboxylic acids is 1. The fourth-order valence-electron chi connectivity index (χ4n) is 2.53. The van der Waals surface area contributed by atoms with E-state index < -0.39 is 7.26 Å². The Morgan fingerprint density at radius 2 is 2.12 bits per heavy atom. The van der Waals surface area contributed by atoms with E-state index in [1.165, 1.54) is 0 Å². The van der Waals surface area contributed by atoms with E-state index in [0.29, 0.717) is 12.2 Å². The molecule has 8 heteroatoms. The van der Waals surface area contributed by atoms with Crippen LogP contribution in [0.3, 0.4) is 0 Å². The average molecular weight is 414 g/mol. The van der Waals surface area contributed by atoms with Crippen molar-refractivity contribution in [3.05, 3.63) is 34.1 Å². The first-order valence-corrected chi connectivity index (χ1v) is 12.2. The van der Waals surface area contributed by atoms with Gasteiger partial charge in [0.15, 0.2) is 0 Å². The third-order valence-electron chi connectivity index (χ3n) is 3.81. The first-order chi connectivity index (χ1) is 11.3. The maximum absolute atomic E-state index is 12.5. The van der Waals surface area contributed by atoms with Crippen LogP contribution in [0.2, 0.25) is 0 Å². The first-order valence-electron chi connectivity index (χ1n) is 7.91. The summed E-state index contributed by atoms with van der Waals surface area (Å²) < 4.78 is 12.3. The van der Waals surface area contributed by atoms with E-state index in [1.807, 2.05) is 18.2 Å². The van der Waals surface area contributed by atoms with Crippen LogP contribution in [0.25, 0.3) is 0 Å². The molecule has 1 aromatic heterocycles. The number of nitrogens with zero attached hydrogens (tertiary/aromatic N) is 2. The molecule has 0 bridgehead atoms. The molecule has 0 aliphatic carbocycles. The minimum atomic E-state index is -1.73. The molecule has 0 spiro atoms. The monoisotopic (exact) mass is 413 g/mol. The molecule has 130 valence electrons. The van der Waals surface area contributed by atoms with Gasteiger partial charge in [0.1, 0.15) is 0 Å². The van der Waals surface area contributed by atoms with Crippen molar-refractivity contribution in [1.82, 2.24) is 15.5 Å². The molecular weight excluding hydrogens is 393 g/mol. The number of benzene rings is 1. The Hall–Kier alpha value is -1.46. The Labute approximate surface area is 149 Å². The molecule has 1 atom stereocenters. The summed E-state index contributed by atoms with van der Waals surface area (Å²) in [6.45, 7) is 6.92. The Morgan fingerprint density at radius 3 is 2.83 bits per heavy atom. The third-order valence-corrected chi connectivity index (χ3v) is 5.79. The van der Waals surface area contributed by atoms with E-state index in [4.69, 9.17) is 9.15 Å². The number of amides is 1. The van der Waals surface area contributed by atoms with Gasteiger partial charge in [0, 0.05) is 0 Å². The Kier molecular flexibility index (Phi) is 4.92. The first kappa shape index (κ1) is 17.4. The Balaban J connectivity index is 1.81. The zero-order valence-corrected chi connectivity index (χ0v) is 16.5. The topological polar surface area (TPSA) is 77.2 Å². The zero-order chi connectivity index (χ0) is 17.3. The number of fused-ring (bicyclic) bond motifs is 1. The van der Waals surface area contributed by atoms with E-state index in [0.717, 1.165) is 28.6 Å².